The van der Waals surface area contributed by atoms with E-state index in [0.29, 0.717) is 17.1 Å². The van der Waals surface area contributed by atoms with Crippen LogP contribution in [-0.4, -0.2) is 20.9 Å². The van der Waals surface area contributed by atoms with Crippen molar-refractivity contribution in [1.82, 2.24) is 0 Å². The van der Waals surface area contributed by atoms with Crippen molar-refractivity contribution in [2.75, 3.05) is 16.6 Å². The van der Waals surface area contributed by atoms with Gasteiger partial charge in [0.15, 0.2) is 12.4 Å². The van der Waals surface area contributed by atoms with Gasteiger partial charge >= 0.3 is 0 Å². The molecule has 1 aromatic heterocycles. The summed E-state index contributed by atoms with van der Waals surface area (Å²) in [5.41, 5.74) is 1.60. The van der Waals surface area contributed by atoms with Gasteiger partial charge in [0.05, 0.1) is 11.4 Å². The summed E-state index contributed by atoms with van der Waals surface area (Å²) >= 11 is 1.19. The molecule has 8 heteroatoms. The highest BCUT2D eigenvalue weighted by molar-refractivity contribution is 7.94. The highest BCUT2D eigenvalue weighted by Crippen LogP contribution is 2.38. The molecule has 2 heterocycles. The number of thiophene rings is 1. The minimum absolute atomic E-state index is 0.136. The van der Waals surface area contributed by atoms with Gasteiger partial charge in [-0.2, -0.15) is 0 Å². The van der Waals surface area contributed by atoms with E-state index in [1.165, 1.54) is 11.3 Å². The van der Waals surface area contributed by atoms with Crippen LogP contribution in [0.4, 0.5) is 11.4 Å². The fraction of sp³-hybridized carbons (Fsp3) is 0.214. The number of hydrogen-bond acceptors (Lipinski definition) is 5. The molecule has 116 valence electrons. The Bertz CT molecular complexity index is 856. The van der Waals surface area contributed by atoms with Crippen molar-refractivity contribution in [2.45, 2.75) is 18.1 Å². The fourth-order valence-electron chi connectivity index (χ4n) is 2.17. The lowest BCUT2D eigenvalue weighted by molar-refractivity contribution is -0.118. The third kappa shape index (κ3) is 2.79. The van der Waals surface area contributed by atoms with Crippen LogP contribution in [0.1, 0.15) is 10.4 Å². The summed E-state index contributed by atoms with van der Waals surface area (Å²) in [5.74, 6) is 0.0721. The zero-order valence-corrected chi connectivity index (χ0v) is 13.6. The Balaban J connectivity index is 2.01. The Hall–Kier alpha value is -2.06. The molecule has 0 radical (unpaired) electrons. The second-order valence-electron chi connectivity index (χ2n) is 5.00. The molecule has 0 saturated carbocycles. The van der Waals surface area contributed by atoms with E-state index in [1.807, 2.05) is 13.8 Å². The molecule has 0 aliphatic carbocycles. The van der Waals surface area contributed by atoms with Crippen molar-refractivity contribution >= 4 is 38.6 Å². The molecule has 1 aromatic carbocycles. The predicted molar refractivity (Wildman–Crippen MR) is 85.2 cm³/mol. The van der Waals surface area contributed by atoms with Crippen molar-refractivity contribution in [3.05, 3.63) is 34.7 Å². The number of nitrogens with one attached hydrogen (secondary N) is 2. The summed E-state index contributed by atoms with van der Waals surface area (Å²) in [6.45, 7) is 3.52. The monoisotopic (exact) mass is 338 g/mol. The number of anilines is 2. The quantitative estimate of drug-likeness (QED) is 0.900. The first-order chi connectivity index (χ1) is 10.3. The average molecular weight is 338 g/mol. The van der Waals surface area contributed by atoms with E-state index in [9.17, 15) is 13.2 Å². The van der Waals surface area contributed by atoms with Crippen LogP contribution in [0.5, 0.6) is 5.75 Å². The third-order valence-corrected chi connectivity index (χ3v) is 5.94. The fourth-order valence-corrected chi connectivity index (χ4v) is 4.51. The molecule has 1 aliphatic rings. The number of sulfonamides is 1. The van der Waals surface area contributed by atoms with Crippen LogP contribution < -0.4 is 14.8 Å². The zero-order chi connectivity index (χ0) is 15.9. The molecular formula is C14H14N2O4S2. The second-order valence-corrected chi connectivity index (χ2v) is 8.19. The Morgan fingerprint density at radius 2 is 2.05 bits per heavy atom. The van der Waals surface area contributed by atoms with Gasteiger partial charge < -0.3 is 10.1 Å². The van der Waals surface area contributed by atoms with Crippen LogP contribution in [0.25, 0.3) is 0 Å². The minimum atomic E-state index is -3.68. The van der Waals surface area contributed by atoms with E-state index in [2.05, 4.69) is 10.0 Å². The van der Waals surface area contributed by atoms with Gasteiger partial charge in [-0.3, -0.25) is 9.52 Å². The van der Waals surface area contributed by atoms with Gasteiger partial charge in [0, 0.05) is 4.88 Å². The van der Waals surface area contributed by atoms with Gasteiger partial charge in [0.1, 0.15) is 4.21 Å². The summed E-state index contributed by atoms with van der Waals surface area (Å²) < 4.78 is 33.0. The molecule has 22 heavy (non-hydrogen) atoms. The second kappa shape index (κ2) is 5.29. The number of aryl methyl sites for hydroxylation is 2. The highest BCUT2D eigenvalue weighted by Gasteiger charge is 2.24. The summed E-state index contributed by atoms with van der Waals surface area (Å²) in [6.07, 6.45) is 0. The summed E-state index contributed by atoms with van der Waals surface area (Å²) in [5, 5.41) is 2.67. The Labute approximate surface area is 132 Å². The zero-order valence-electron chi connectivity index (χ0n) is 12.0. The third-order valence-electron chi connectivity index (χ3n) is 3.08. The molecule has 0 spiro atoms. The van der Waals surface area contributed by atoms with Crippen molar-refractivity contribution in [3.63, 3.8) is 0 Å². The standard InChI is InChI=1S/C14H14N2O4S2/c1-8-5-10-14(20-7-12(17)15-10)11(6-8)16-22(18,19)13-4-3-9(2)21-13/h3-6,16H,7H2,1-2H3,(H,15,17). The van der Waals surface area contributed by atoms with Gasteiger partial charge in [0.2, 0.25) is 0 Å². The van der Waals surface area contributed by atoms with Crippen LogP contribution >= 0.6 is 11.3 Å². The molecular weight excluding hydrogens is 324 g/mol. The van der Waals surface area contributed by atoms with Crippen LogP contribution in [0.15, 0.2) is 28.5 Å². The molecule has 0 atom stereocenters. The van der Waals surface area contributed by atoms with E-state index in [1.54, 1.807) is 24.3 Å². The van der Waals surface area contributed by atoms with Crippen LogP contribution in [0.3, 0.4) is 0 Å². The van der Waals surface area contributed by atoms with Gasteiger partial charge in [-0.1, -0.05) is 0 Å². The number of ether oxygens (including phenoxy) is 1. The maximum atomic E-state index is 12.4. The number of carbonyl (C=O) groups excluding carboxylic acids is 1. The molecule has 0 saturated heterocycles. The SMILES string of the molecule is Cc1cc2c(c(NS(=O)(=O)c3ccc(C)s3)c1)OCC(=O)N2. The number of carbonyl (C=O) groups is 1. The first-order valence-electron chi connectivity index (χ1n) is 6.52. The van der Waals surface area contributed by atoms with Crippen molar-refractivity contribution < 1.29 is 17.9 Å². The van der Waals surface area contributed by atoms with Crippen LogP contribution in [0.2, 0.25) is 0 Å². The number of fused-ring (bicyclic) bond motifs is 1. The van der Waals surface area contributed by atoms with Crippen LogP contribution in [-0.2, 0) is 14.8 Å². The lowest BCUT2D eigenvalue weighted by Gasteiger charge is -2.21. The number of benzene rings is 1. The smallest absolute Gasteiger partial charge is 0.271 e. The molecule has 1 aliphatic heterocycles. The topological polar surface area (TPSA) is 84.5 Å². The summed E-state index contributed by atoms with van der Waals surface area (Å²) in [7, 11) is -3.68. The Morgan fingerprint density at radius 1 is 1.27 bits per heavy atom. The molecule has 3 rings (SSSR count). The van der Waals surface area contributed by atoms with E-state index < -0.39 is 10.0 Å². The van der Waals surface area contributed by atoms with E-state index in [-0.39, 0.29) is 16.7 Å². The normalized spacial score (nSPS) is 14.0. The first kappa shape index (κ1) is 14.9. The number of rotatable bonds is 3. The number of amides is 1. The molecule has 0 fully saturated rings. The molecule has 2 aromatic rings. The first-order valence-corrected chi connectivity index (χ1v) is 8.82. The maximum absolute atomic E-state index is 12.4. The van der Waals surface area contributed by atoms with Gasteiger partial charge in [-0.25, -0.2) is 8.42 Å². The number of hydrogen-bond donors (Lipinski definition) is 2. The Kier molecular flexibility index (Phi) is 3.57. The predicted octanol–water partition coefficient (Wildman–Crippen LogP) is 2.50. The average Bonchev–Trinajstić information content (AvgIpc) is 2.85. The van der Waals surface area contributed by atoms with Gasteiger partial charge in [-0.05, 0) is 43.7 Å². The summed E-state index contributed by atoms with van der Waals surface area (Å²) in [6, 6.07) is 6.72. The van der Waals surface area contributed by atoms with Gasteiger partial charge in [-0.15, -0.1) is 11.3 Å². The highest BCUT2D eigenvalue weighted by atomic mass is 32.2. The molecule has 2 N–H and O–H groups in total. The van der Waals surface area contributed by atoms with Crippen molar-refractivity contribution in [2.24, 2.45) is 0 Å². The summed E-state index contributed by atoms with van der Waals surface area (Å²) in [4.78, 5) is 12.3. The molecule has 0 bridgehead atoms. The largest absolute Gasteiger partial charge is 0.479 e. The van der Waals surface area contributed by atoms with Crippen molar-refractivity contribution in [3.8, 4) is 5.75 Å². The van der Waals surface area contributed by atoms with E-state index in [4.69, 9.17) is 4.74 Å². The lowest BCUT2D eigenvalue weighted by Crippen LogP contribution is -2.26. The van der Waals surface area contributed by atoms with E-state index in [0.717, 1.165) is 10.4 Å². The van der Waals surface area contributed by atoms with Crippen LogP contribution in [0, 0.1) is 13.8 Å². The van der Waals surface area contributed by atoms with E-state index >= 15 is 0 Å². The molecule has 0 unspecified atom stereocenters. The van der Waals surface area contributed by atoms with Crippen molar-refractivity contribution in [1.29, 1.82) is 0 Å². The maximum Gasteiger partial charge on any atom is 0.271 e. The molecule has 1 amide bonds. The Morgan fingerprint density at radius 3 is 2.73 bits per heavy atom. The minimum Gasteiger partial charge on any atom is -0.479 e. The van der Waals surface area contributed by atoms with Gasteiger partial charge in [0.25, 0.3) is 15.9 Å². The molecule has 6 nitrogen and oxygen atoms in total. The lowest BCUT2D eigenvalue weighted by atomic mass is 10.1.